The van der Waals surface area contributed by atoms with Crippen LogP contribution in [0, 0.1) is 5.82 Å². The Hall–Kier alpha value is -1.70. The normalized spacial score (nSPS) is 10.9. The first-order valence-electron chi connectivity index (χ1n) is 3.99. The summed E-state index contributed by atoms with van der Waals surface area (Å²) in [6.07, 6.45) is 0. The molecule has 0 fully saturated rings. The van der Waals surface area contributed by atoms with Gasteiger partial charge in [0.25, 0.3) is 0 Å². The Labute approximate surface area is 90.4 Å². The molecule has 0 aliphatic rings. The molecule has 1 aromatic carbocycles. The van der Waals surface area contributed by atoms with Crippen LogP contribution in [0.4, 0.5) is 14.0 Å². The summed E-state index contributed by atoms with van der Waals surface area (Å²) in [5.74, 6) is -2.31. The molecule has 0 saturated heterocycles. The van der Waals surface area contributed by atoms with Crippen molar-refractivity contribution in [2.24, 2.45) is 0 Å². The van der Waals surface area contributed by atoms with Crippen molar-refractivity contribution in [1.82, 2.24) is 0 Å². The SMILES string of the molecule is CC(=O)Nc1ccc(OS(=O)(=O)F)c(F)c1. The number of nitrogens with one attached hydrogen (secondary N) is 1. The molecular weight excluding hydrogens is 244 g/mol. The molecule has 1 aromatic rings. The second-order valence-electron chi connectivity index (χ2n) is 2.80. The van der Waals surface area contributed by atoms with E-state index in [0.717, 1.165) is 12.1 Å². The van der Waals surface area contributed by atoms with Crippen LogP contribution in [0.3, 0.4) is 0 Å². The second kappa shape index (κ2) is 4.44. The molecule has 0 bridgehead atoms. The summed E-state index contributed by atoms with van der Waals surface area (Å²) in [7, 11) is -5.26. The molecule has 8 heteroatoms. The monoisotopic (exact) mass is 251 g/mol. The van der Waals surface area contributed by atoms with Gasteiger partial charge >= 0.3 is 10.5 Å². The lowest BCUT2D eigenvalue weighted by atomic mass is 10.3. The predicted octanol–water partition coefficient (Wildman–Crippen LogP) is 1.38. The largest absolute Gasteiger partial charge is 0.488 e. The number of amides is 1. The quantitative estimate of drug-likeness (QED) is 0.823. The first-order valence-corrected chi connectivity index (χ1v) is 5.30. The Morgan fingerprint density at radius 1 is 1.44 bits per heavy atom. The van der Waals surface area contributed by atoms with E-state index in [4.69, 9.17) is 0 Å². The summed E-state index contributed by atoms with van der Waals surface area (Å²) in [6, 6.07) is 2.87. The standard InChI is InChI=1S/C8H7F2NO4S/c1-5(12)11-6-2-3-8(7(9)4-6)15-16(10,13)14/h2-4H,1H3,(H,11,12). The molecule has 0 saturated carbocycles. The van der Waals surface area contributed by atoms with E-state index in [9.17, 15) is 21.5 Å². The van der Waals surface area contributed by atoms with Crippen LogP contribution < -0.4 is 9.50 Å². The molecule has 88 valence electrons. The van der Waals surface area contributed by atoms with Crippen LogP contribution in [0.15, 0.2) is 18.2 Å². The number of hydrogen-bond donors (Lipinski definition) is 1. The topological polar surface area (TPSA) is 72.5 Å². The summed E-state index contributed by atoms with van der Waals surface area (Å²) in [4.78, 5) is 10.6. The van der Waals surface area contributed by atoms with Gasteiger partial charge in [0, 0.05) is 18.7 Å². The van der Waals surface area contributed by atoms with E-state index in [-0.39, 0.29) is 5.69 Å². The number of halogens is 2. The molecule has 1 N–H and O–H groups in total. The van der Waals surface area contributed by atoms with E-state index >= 15 is 0 Å². The zero-order valence-electron chi connectivity index (χ0n) is 8.03. The second-order valence-corrected chi connectivity index (χ2v) is 3.76. The Balaban J connectivity index is 2.96. The minimum Gasteiger partial charge on any atom is -0.355 e. The van der Waals surface area contributed by atoms with Crippen LogP contribution >= 0.6 is 0 Å². The van der Waals surface area contributed by atoms with Gasteiger partial charge < -0.3 is 9.50 Å². The molecule has 0 aliphatic carbocycles. The third kappa shape index (κ3) is 3.81. The zero-order chi connectivity index (χ0) is 12.3. The van der Waals surface area contributed by atoms with Crippen LogP contribution in [0.5, 0.6) is 5.75 Å². The highest BCUT2D eigenvalue weighted by molar-refractivity contribution is 7.81. The number of rotatable bonds is 3. The summed E-state index contributed by atoms with van der Waals surface area (Å²) < 4.78 is 49.1. The highest BCUT2D eigenvalue weighted by atomic mass is 32.3. The van der Waals surface area contributed by atoms with Crippen molar-refractivity contribution >= 4 is 22.1 Å². The average molecular weight is 251 g/mol. The minimum atomic E-state index is -5.26. The van der Waals surface area contributed by atoms with Crippen molar-refractivity contribution in [1.29, 1.82) is 0 Å². The van der Waals surface area contributed by atoms with Crippen molar-refractivity contribution in [2.45, 2.75) is 6.92 Å². The lowest BCUT2D eigenvalue weighted by Crippen LogP contribution is -2.07. The van der Waals surface area contributed by atoms with Gasteiger partial charge in [0.1, 0.15) is 0 Å². The molecule has 0 unspecified atom stereocenters. The van der Waals surface area contributed by atoms with Gasteiger partial charge in [-0.1, -0.05) is 3.89 Å². The third-order valence-electron chi connectivity index (χ3n) is 1.44. The van der Waals surface area contributed by atoms with Crippen molar-refractivity contribution in [3.05, 3.63) is 24.0 Å². The van der Waals surface area contributed by atoms with Crippen LogP contribution in [-0.2, 0) is 15.3 Å². The maximum absolute atomic E-state index is 13.1. The number of carbonyl (C=O) groups excluding carboxylic acids is 1. The molecular formula is C8H7F2NO4S. The molecule has 0 spiro atoms. The van der Waals surface area contributed by atoms with Crippen LogP contribution in [0.2, 0.25) is 0 Å². The molecule has 1 amide bonds. The first kappa shape index (κ1) is 12.4. The zero-order valence-corrected chi connectivity index (χ0v) is 8.85. The van der Waals surface area contributed by atoms with Gasteiger partial charge in [-0.15, -0.1) is 0 Å². The molecule has 0 atom stereocenters. The summed E-state index contributed by atoms with van der Waals surface area (Å²) >= 11 is 0. The number of hydrogen-bond acceptors (Lipinski definition) is 4. The van der Waals surface area contributed by atoms with Gasteiger partial charge in [0.2, 0.25) is 5.91 Å². The Kier molecular flexibility index (Phi) is 3.43. The van der Waals surface area contributed by atoms with Crippen LogP contribution in [0.1, 0.15) is 6.92 Å². The van der Waals surface area contributed by atoms with Crippen molar-refractivity contribution in [2.75, 3.05) is 5.32 Å². The highest BCUT2D eigenvalue weighted by Crippen LogP contribution is 2.22. The number of carbonyl (C=O) groups is 1. The van der Waals surface area contributed by atoms with E-state index in [0.29, 0.717) is 0 Å². The molecule has 0 aliphatic heterocycles. The molecule has 5 nitrogen and oxygen atoms in total. The molecule has 0 heterocycles. The Bertz CT molecular complexity index is 515. The highest BCUT2D eigenvalue weighted by Gasteiger charge is 2.14. The average Bonchev–Trinajstić information content (AvgIpc) is 2.06. The van der Waals surface area contributed by atoms with E-state index in [1.54, 1.807) is 0 Å². The number of anilines is 1. The van der Waals surface area contributed by atoms with Crippen molar-refractivity contribution in [3.63, 3.8) is 0 Å². The van der Waals surface area contributed by atoms with Gasteiger partial charge in [-0.3, -0.25) is 4.79 Å². The van der Waals surface area contributed by atoms with E-state index in [2.05, 4.69) is 9.50 Å². The maximum atomic E-state index is 13.1. The van der Waals surface area contributed by atoms with E-state index in [1.807, 2.05) is 0 Å². The fourth-order valence-electron chi connectivity index (χ4n) is 0.957. The maximum Gasteiger partial charge on any atom is 0.488 e. The fourth-order valence-corrected chi connectivity index (χ4v) is 1.31. The van der Waals surface area contributed by atoms with Gasteiger partial charge in [-0.2, -0.15) is 8.42 Å². The summed E-state index contributed by atoms with van der Waals surface area (Å²) in [6.45, 7) is 1.22. The lowest BCUT2D eigenvalue weighted by Gasteiger charge is -2.05. The first-order chi connectivity index (χ1) is 7.28. The van der Waals surface area contributed by atoms with Gasteiger partial charge in [-0.25, -0.2) is 4.39 Å². The van der Waals surface area contributed by atoms with E-state index < -0.39 is 28.0 Å². The van der Waals surface area contributed by atoms with Crippen molar-refractivity contribution < 1.29 is 25.7 Å². The summed E-state index contributed by atoms with van der Waals surface area (Å²) in [5.41, 5.74) is 0.105. The summed E-state index contributed by atoms with van der Waals surface area (Å²) in [5, 5.41) is 2.26. The molecule has 0 radical (unpaired) electrons. The Morgan fingerprint density at radius 2 is 2.06 bits per heavy atom. The Morgan fingerprint density at radius 3 is 2.50 bits per heavy atom. The lowest BCUT2D eigenvalue weighted by molar-refractivity contribution is -0.114. The van der Waals surface area contributed by atoms with Crippen LogP contribution in [-0.4, -0.2) is 14.3 Å². The smallest absolute Gasteiger partial charge is 0.355 e. The van der Waals surface area contributed by atoms with Crippen molar-refractivity contribution in [3.8, 4) is 5.75 Å². The molecule has 1 rings (SSSR count). The van der Waals surface area contributed by atoms with Gasteiger partial charge in [-0.05, 0) is 12.1 Å². The predicted molar refractivity (Wildman–Crippen MR) is 51.4 cm³/mol. The molecule has 16 heavy (non-hydrogen) atoms. The van der Waals surface area contributed by atoms with Gasteiger partial charge in [0.05, 0.1) is 0 Å². The molecule has 0 aromatic heterocycles. The number of benzene rings is 1. The fraction of sp³-hybridized carbons (Fsp3) is 0.125. The third-order valence-corrected chi connectivity index (χ3v) is 1.82. The van der Waals surface area contributed by atoms with Gasteiger partial charge in [0.15, 0.2) is 11.6 Å². The van der Waals surface area contributed by atoms with E-state index in [1.165, 1.54) is 13.0 Å². The van der Waals surface area contributed by atoms with Crippen LogP contribution in [0.25, 0.3) is 0 Å². The minimum absolute atomic E-state index is 0.105.